The van der Waals surface area contributed by atoms with Crippen molar-refractivity contribution >= 4 is 11.7 Å². The largest absolute Gasteiger partial charge is 0.451 e. The fourth-order valence-corrected chi connectivity index (χ4v) is 2.58. The lowest BCUT2D eigenvalue weighted by Crippen LogP contribution is -2.16. The molecule has 0 spiro atoms. The highest BCUT2D eigenvalue weighted by Crippen LogP contribution is 2.32. The van der Waals surface area contributed by atoms with Crippen molar-refractivity contribution in [3.05, 3.63) is 60.0 Å². The zero-order valence-corrected chi connectivity index (χ0v) is 14.7. The van der Waals surface area contributed by atoms with Gasteiger partial charge in [-0.3, -0.25) is 4.79 Å². The maximum Gasteiger partial charge on any atom is 0.416 e. The van der Waals surface area contributed by atoms with Gasteiger partial charge in [0.15, 0.2) is 5.76 Å². The van der Waals surface area contributed by atoms with Crippen molar-refractivity contribution in [3.63, 3.8) is 0 Å². The van der Waals surface area contributed by atoms with Gasteiger partial charge in [0, 0.05) is 11.6 Å². The van der Waals surface area contributed by atoms with Gasteiger partial charge in [-0.2, -0.15) is 18.3 Å². The van der Waals surface area contributed by atoms with Gasteiger partial charge in [0.25, 0.3) is 5.91 Å². The lowest BCUT2D eigenvalue weighted by atomic mass is 10.1. The van der Waals surface area contributed by atoms with Crippen LogP contribution in [-0.2, 0) is 6.18 Å². The number of nitrogens with zero attached hydrogens (tertiary/aromatic N) is 2. The first-order valence-electron chi connectivity index (χ1n) is 8.42. The molecule has 2 heterocycles. The van der Waals surface area contributed by atoms with Crippen LogP contribution in [-0.4, -0.2) is 15.7 Å². The molecule has 27 heavy (non-hydrogen) atoms. The fraction of sp³-hybridized carbons (Fsp3) is 0.263. The average Bonchev–Trinajstić information content (AvgIpc) is 3.30. The highest BCUT2D eigenvalue weighted by atomic mass is 19.4. The Morgan fingerprint density at radius 3 is 2.74 bits per heavy atom. The molecule has 3 aromatic rings. The molecule has 1 atom stereocenters. The molecule has 0 saturated carbocycles. The summed E-state index contributed by atoms with van der Waals surface area (Å²) in [6.07, 6.45) is -2.03. The number of aromatic nitrogens is 2. The normalized spacial score (nSPS) is 12.8. The molecule has 142 valence electrons. The van der Waals surface area contributed by atoms with E-state index in [4.69, 9.17) is 4.42 Å². The highest BCUT2D eigenvalue weighted by molar-refractivity contribution is 6.02. The standard InChI is InChI=1S/C19H18F3N3O2/c1-3-12(2)25-17(9-10-23-25)24-18(26)16-8-7-15(27-16)13-5-4-6-14(11-13)19(20,21)22/h4-12H,3H2,1-2H3,(H,24,26). The van der Waals surface area contributed by atoms with Crippen molar-refractivity contribution in [1.82, 2.24) is 9.78 Å². The Bertz CT molecular complexity index is 944. The van der Waals surface area contributed by atoms with E-state index < -0.39 is 17.6 Å². The zero-order chi connectivity index (χ0) is 19.6. The monoisotopic (exact) mass is 377 g/mol. The van der Waals surface area contributed by atoms with E-state index in [1.54, 1.807) is 16.9 Å². The zero-order valence-electron chi connectivity index (χ0n) is 14.7. The molecule has 1 amide bonds. The Morgan fingerprint density at radius 2 is 2.04 bits per heavy atom. The van der Waals surface area contributed by atoms with Crippen molar-refractivity contribution in [2.24, 2.45) is 0 Å². The minimum Gasteiger partial charge on any atom is -0.451 e. The molecule has 3 rings (SSSR count). The van der Waals surface area contributed by atoms with Crippen LogP contribution in [0.1, 0.15) is 42.4 Å². The number of amides is 1. The number of rotatable bonds is 5. The van der Waals surface area contributed by atoms with Crippen molar-refractivity contribution < 1.29 is 22.4 Å². The first-order chi connectivity index (χ1) is 12.8. The van der Waals surface area contributed by atoms with Gasteiger partial charge >= 0.3 is 6.18 Å². The van der Waals surface area contributed by atoms with Gasteiger partial charge in [0.2, 0.25) is 0 Å². The molecule has 1 N–H and O–H groups in total. The van der Waals surface area contributed by atoms with Gasteiger partial charge in [-0.1, -0.05) is 19.1 Å². The average molecular weight is 377 g/mol. The number of carbonyl (C=O) groups is 1. The van der Waals surface area contributed by atoms with Crippen LogP contribution < -0.4 is 5.32 Å². The summed E-state index contributed by atoms with van der Waals surface area (Å²) in [5.74, 6) is 0.200. The van der Waals surface area contributed by atoms with Crippen LogP contribution in [0.4, 0.5) is 19.0 Å². The molecular formula is C19H18F3N3O2. The quantitative estimate of drug-likeness (QED) is 0.649. The molecule has 0 fully saturated rings. The van der Waals surface area contributed by atoms with Crippen LogP contribution in [0.15, 0.2) is 53.1 Å². The molecule has 0 aliphatic rings. The summed E-state index contributed by atoms with van der Waals surface area (Å²) in [7, 11) is 0. The molecule has 0 saturated heterocycles. The summed E-state index contributed by atoms with van der Waals surface area (Å²) in [6.45, 7) is 3.98. The second-order valence-electron chi connectivity index (χ2n) is 6.11. The third-order valence-electron chi connectivity index (χ3n) is 4.22. The number of hydrogen-bond acceptors (Lipinski definition) is 3. The first kappa shape index (κ1) is 18.8. The molecule has 0 aliphatic carbocycles. The Labute approximate surface area is 153 Å². The smallest absolute Gasteiger partial charge is 0.416 e. The molecule has 1 unspecified atom stereocenters. The minimum atomic E-state index is -4.45. The van der Waals surface area contributed by atoms with Gasteiger partial charge in [0.05, 0.1) is 17.8 Å². The summed E-state index contributed by atoms with van der Waals surface area (Å²) in [6, 6.07) is 9.42. The number of nitrogens with one attached hydrogen (secondary N) is 1. The SMILES string of the molecule is CCC(C)n1nccc1NC(=O)c1ccc(-c2cccc(C(F)(F)F)c2)o1. The van der Waals surface area contributed by atoms with E-state index >= 15 is 0 Å². The van der Waals surface area contributed by atoms with E-state index in [0.717, 1.165) is 18.6 Å². The van der Waals surface area contributed by atoms with Crippen LogP contribution in [0.5, 0.6) is 0 Å². The lowest BCUT2D eigenvalue weighted by molar-refractivity contribution is -0.137. The summed E-state index contributed by atoms with van der Waals surface area (Å²) in [5, 5.41) is 6.89. The van der Waals surface area contributed by atoms with Crippen molar-refractivity contribution in [3.8, 4) is 11.3 Å². The Kier molecular flexibility index (Phi) is 5.07. The number of alkyl halides is 3. The molecular weight excluding hydrogens is 359 g/mol. The Morgan fingerprint density at radius 1 is 1.26 bits per heavy atom. The second-order valence-corrected chi connectivity index (χ2v) is 6.11. The second kappa shape index (κ2) is 7.30. The maximum atomic E-state index is 12.9. The molecule has 1 aromatic carbocycles. The molecule has 8 heteroatoms. The molecule has 2 aromatic heterocycles. The Hall–Kier alpha value is -3.03. The molecule has 5 nitrogen and oxygen atoms in total. The predicted molar refractivity (Wildman–Crippen MR) is 94.3 cm³/mol. The summed E-state index contributed by atoms with van der Waals surface area (Å²) in [5.41, 5.74) is -0.534. The minimum absolute atomic E-state index is 0.000636. The molecule has 0 bridgehead atoms. The van der Waals surface area contributed by atoms with E-state index in [-0.39, 0.29) is 23.1 Å². The van der Waals surface area contributed by atoms with Crippen molar-refractivity contribution in [1.29, 1.82) is 0 Å². The molecule has 0 aliphatic heterocycles. The maximum absolute atomic E-state index is 12.9. The number of hydrogen-bond donors (Lipinski definition) is 1. The van der Waals surface area contributed by atoms with Crippen LogP contribution in [0.2, 0.25) is 0 Å². The number of halogens is 3. The Balaban J connectivity index is 1.80. The summed E-state index contributed by atoms with van der Waals surface area (Å²) < 4.78 is 45.7. The van der Waals surface area contributed by atoms with Gasteiger partial charge in [-0.05, 0) is 37.6 Å². The fourth-order valence-electron chi connectivity index (χ4n) is 2.58. The van der Waals surface area contributed by atoms with E-state index in [9.17, 15) is 18.0 Å². The topological polar surface area (TPSA) is 60.1 Å². The van der Waals surface area contributed by atoms with Crippen LogP contribution in [0, 0.1) is 0 Å². The predicted octanol–water partition coefficient (Wildman–Crippen LogP) is 5.39. The van der Waals surface area contributed by atoms with Crippen LogP contribution in [0.25, 0.3) is 11.3 Å². The van der Waals surface area contributed by atoms with Crippen molar-refractivity contribution in [2.45, 2.75) is 32.5 Å². The third kappa shape index (κ3) is 4.05. The molecule has 0 radical (unpaired) electrons. The van der Waals surface area contributed by atoms with Crippen LogP contribution in [0.3, 0.4) is 0 Å². The van der Waals surface area contributed by atoms with Gasteiger partial charge in [0.1, 0.15) is 11.6 Å². The number of furan rings is 1. The lowest BCUT2D eigenvalue weighted by Gasteiger charge is -2.13. The first-order valence-corrected chi connectivity index (χ1v) is 8.42. The van der Waals surface area contributed by atoms with Gasteiger partial charge in [-0.25, -0.2) is 4.68 Å². The number of carbonyl (C=O) groups excluding carboxylic acids is 1. The van der Waals surface area contributed by atoms with Gasteiger partial charge < -0.3 is 9.73 Å². The number of anilines is 1. The highest BCUT2D eigenvalue weighted by Gasteiger charge is 2.30. The van der Waals surface area contributed by atoms with Crippen molar-refractivity contribution in [2.75, 3.05) is 5.32 Å². The van der Waals surface area contributed by atoms with Crippen LogP contribution >= 0.6 is 0 Å². The third-order valence-corrected chi connectivity index (χ3v) is 4.22. The number of benzene rings is 1. The van der Waals surface area contributed by atoms with Gasteiger partial charge in [-0.15, -0.1) is 0 Å². The van der Waals surface area contributed by atoms with E-state index in [0.29, 0.717) is 5.82 Å². The van der Waals surface area contributed by atoms with E-state index in [1.165, 1.54) is 24.3 Å². The van der Waals surface area contributed by atoms with E-state index in [1.807, 2.05) is 13.8 Å². The summed E-state index contributed by atoms with van der Waals surface area (Å²) >= 11 is 0. The van der Waals surface area contributed by atoms with E-state index in [2.05, 4.69) is 10.4 Å². The summed E-state index contributed by atoms with van der Waals surface area (Å²) in [4.78, 5) is 12.4.